The van der Waals surface area contributed by atoms with Crippen LogP contribution in [0.5, 0.6) is 5.75 Å². The molecule has 1 aliphatic heterocycles. The van der Waals surface area contributed by atoms with E-state index in [4.69, 9.17) is 9.84 Å². The van der Waals surface area contributed by atoms with Gasteiger partial charge in [0.1, 0.15) is 17.0 Å². The molecule has 5 aromatic rings. The van der Waals surface area contributed by atoms with E-state index in [1.54, 1.807) is 26.4 Å². The molecule has 49 heavy (non-hydrogen) atoms. The van der Waals surface area contributed by atoms with Gasteiger partial charge in [-0.2, -0.15) is 5.10 Å². The van der Waals surface area contributed by atoms with E-state index in [-0.39, 0.29) is 23.8 Å². The Balaban J connectivity index is 1.01. The van der Waals surface area contributed by atoms with E-state index in [9.17, 15) is 9.59 Å². The van der Waals surface area contributed by atoms with Crippen molar-refractivity contribution in [3.8, 4) is 28.0 Å². The molecule has 8 rings (SSSR count). The van der Waals surface area contributed by atoms with Crippen molar-refractivity contribution in [2.24, 2.45) is 5.92 Å². The molecular formula is C36H38N10O3. The highest BCUT2D eigenvalue weighted by molar-refractivity contribution is 6.03. The summed E-state index contributed by atoms with van der Waals surface area (Å²) in [5, 5.41) is 20.2. The summed E-state index contributed by atoms with van der Waals surface area (Å²) in [6.45, 7) is 2.34. The molecule has 1 saturated heterocycles. The summed E-state index contributed by atoms with van der Waals surface area (Å²) in [4.78, 5) is 38.7. The number of hydrogen-bond donors (Lipinski definition) is 2. The monoisotopic (exact) mass is 658 g/mol. The first kappa shape index (κ1) is 30.9. The summed E-state index contributed by atoms with van der Waals surface area (Å²) < 4.78 is 8.06. The molecule has 250 valence electrons. The molecule has 13 heteroatoms. The first-order valence-electron chi connectivity index (χ1n) is 16.7. The lowest BCUT2D eigenvalue weighted by Crippen LogP contribution is -2.47. The summed E-state index contributed by atoms with van der Waals surface area (Å²) >= 11 is 0. The van der Waals surface area contributed by atoms with E-state index in [1.165, 1.54) is 0 Å². The minimum atomic E-state index is -0.0289. The standard InChI is InChI=1S/C36H38N10O3/c1-37-34-32-28(14-31(42-43-32)41-35(47)21-10-11-21)29(16-38-34)27-8-5-7-26(33(27)49-3)22-15-39-46(17-22)25-19-45(20-25)18-23-6-4-9-30(40-23)36(48)44(2)24-12-13-24/h4-9,14-17,21,24-25H,10-13,18-20H2,1-3H3,(H,37,38)(H,41,42,47). The number of ether oxygens (including phenoxy) is 1. The van der Waals surface area contributed by atoms with Crippen LogP contribution in [0.15, 0.2) is 61.1 Å². The van der Waals surface area contributed by atoms with Gasteiger partial charge in [-0.3, -0.25) is 19.2 Å². The van der Waals surface area contributed by atoms with Gasteiger partial charge < -0.3 is 20.3 Å². The molecule has 3 fully saturated rings. The Hall–Kier alpha value is -5.43. The van der Waals surface area contributed by atoms with Crippen molar-refractivity contribution in [1.82, 2.24) is 39.7 Å². The van der Waals surface area contributed by atoms with Crippen LogP contribution in [0.25, 0.3) is 33.2 Å². The average Bonchev–Trinajstić information content (AvgIpc) is 4.06. The molecule has 1 aromatic carbocycles. The van der Waals surface area contributed by atoms with E-state index in [0.717, 1.165) is 72.1 Å². The molecule has 3 aliphatic rings. The molecule has 4 aromatic heterocycles. The topological polar surface area (TPSA) is 143 Å². The lowest BCUT2D eigenvalue weighted by Gasteiger charge is -2.39. The number of methoxy groups -OCH3 is 1. The number of nitrogens with zero attached hydrogens (tertiary/aromatic N) is 8. The van der Waals surface area contributed by atoms with Gasteiger partial charge in [-0.1, -0.05) is 24.3 Å². The number of pyridine rings is 2. The summed E-state index contributed by atoms with van der Waals surface area (Å²) in [7, 11) is 5.32. The van der Waals surface area contributed by atoms with Crippen molar-refractivity contribution in [1.29, 1.82) is 0 Å². The summed E-state index contributed by atoms with van der Waals surface area (Å²) in [5.41, 5.74) is 5.48. The van der Waals surface area contributed by atoms with E-state index in [1.807, 2.05) is 59.2 Å². The zero-order valence-corrected chi connectivity index (χ0v) is 27.8. The van der Waals surface area contributed by atoms with Crippen LogP contribution < -0.4 is 15.4 Å². The van der Waals surface area contributed by atoms with Crippen molar-refractivity contribution in [2.45, 2.75) is 44.3 Å². The van der Waals surface area contributed by atoms with E-state index in [2.05, 4.69) is 41.9 Å². The largest absolute Gasteiger partial charge is 0.495 e. The minimum absolute atomic E-state index is 0.00960. The number of rotatable bonds is 11. The molecule has 5 heterocycles. The molecule has 0 unspecified atom stereocenters. The number of amides is 2. The second-order valence-corrected chi connectivity index (χ2v) is 13.1. The van der Waals surface area contributed by atoms with Crippen molar-refractivity contribution in [3.63, 3.8) is 0 Å². The lowest BCUT2D eigenvalue weighted by molar-refractivity contribution is -0.117. The molecule has 0 radical (unpaired) electrons. The molecule has 2 aliphatic carbocycles. The molecule has 2 amide bonds. The van der Waals surface area contributed by atoms with E-state index >= 15 is 0 Å². The van der Waals surface area contributed by atoms with Gasteiger partial charge in [0.2, 0.25) is 5.91 Å². The van der Waals surface area contributed by atoms with Gasteiger partial charge in [-0.15, -0.1) is 10.2 Å². The summed E-state index contributed by atoms with van der Waals surface area (Å²) in [6.07, 6.45) is 9.67. The Morgan fingerprint density at radius 2 is 1.80 bits per heavy atom. The van der Waals surface area contributed by atoms with Crippen LogP contribution in [0.1, 0.15) is 47.9 Å². The smallest absolute Gasteiger partial charge is 0.272 e. The maximum atomic E-state index is 12.8. The predicted molar refractivity (Wildman–Crippen MR) is 185 cm³/mol. The predicted octanol–water partition coefficient (Wildman–Crippen LogP) is 4.64. The number of fused-ring (bicyclic) bond motifs is 1. The molecule has 0 bridgehead atoms. The highest BCUT2D eigenvalue weighted by Crippen LogP contribution is 2.42. The van der Waals surface area contributed by atoms with Crippen molar-refractivity contribution < 1.29 is 14.3 Å². The highest BCUT2D eigenvalue weighted by Gasteiger charge is 2.32. The van der Waals surface area contributed by atoms with Crippen LogP contribution >= 0.6 is 0 Å². The molecule has 0 spiro atoms. The number of para-hydroxylation sites is 1. The van der Waals surface area contributed by atoms with Crippen LogP contribution in [0.2, 0.25) is 0 Å². The molecule has 2 N–H and O–H groups in total. The zero-order chi connectivity index (χ0) is 33.6. The van der Waals surface area contributed by atoms with Crippen molar-refractivity contribution in [2.75, 3.05) is 44.9 Å². The molecule has 2 saturated carbocycles. The lowest BCUT2D eigenvalue weighted by atomic mass is 9.97. The Morgan fingerprint density at radius 1 is 1.00 bits per heavy atom. The number of anilines is 2. The van der Waals surface area contributed by atoms with Crippen LogP contribution in [0.4, 0.5) is 11.6 Å². The Bertz CT molecular complexity index is 2070. The van der Waals surface area contributed by atoms with Crippen LogP contribution in [0.3, 0.4) is 0 Å². The minimum Gasteiger partial charge on any atom is -0.495 e. The fourth-order valence-electron chi connectivity index (χ4n) is 6.50. The SMILES string of the molecule is CNc1ncc(-c2cccc(-c3cnn(C4CN(Cc5cccc(C(=O)N(C)C6CC6)n5)C4)c3)c2OC)c2cc(NC(=O)C3CC3)nnc12. The number of aromatic nitrogens is 6. The third kappa shape index (κ3) is 6.06. The zero-order valence-electron chi connectivity index (χ0n) is 27.8. The summed E-state index contributed by atoms with van der Waals surface area (Å²) in [6, 6.07) is 14.1. The summed E-state index contributed by atoms with van der Waals surface area (Å²) in [5.74, 6) is 1.69. The third-order valence-electron chi connectivity index (χ3n) is 9.63. The Kier molecular flexibility index (Phi) is 7.91. The first-order valence-corrected chi connectivity index (χ1v) is 16.7. The van der Waals surface area contributed by atoms with Crippen LogP contribution in [0, 0.1) is 5.92 Å². The maximum absolute atomic E-state index is 12.8. The molecule has 13 nitrogen and oxygen atoms in total. The maximum Gasteiger partial charge on any atom is 0.272 e. The fourth-order valence-corrected chi connectivity index (χ4v) is 6.50. The van der Waals surface area contributed by atoms with Gasteiger partial charge in [0.05, 0.1) is 25.0 Å². The van der Waals surface area contributed by atoms with Gasteiger partial charge in [0.15, 0.2) is 11.6 Å². The number of likely N-dealkylation sites (tertiary alicyclic amines) is 1. The molecular weight excluding hydrogens is 620 g/mol. The van der Waals surface area contributed by atoms with E-state index in [0.29, 0.717) is 41.2 Å². The Labute approximate surface area is 283 Å². The van der Waals surface area contributed by atoms with Gasteiger partial charge in [-0.05, 0) is 43.9 Å². The van der Waals surface area contributed by atoms with Gasteiger partial charge >= 0.3 is 0 Å². The normalized spacial score (nSPS) is 16.3. The number of carbonyl (C=O) groups excluding carboxylic acids is 2. The van der Waals surface area contributed by atoms with Crippen molar-refractivity contribution in [3.05, 3.63) is 72.4 Å². The third-order valence-corrected chi connectivity index (χ3v) is 9.63. The van der Waals surface area contributed by atoms with Crippen LogP contribution in [-0.4, -0.2) is 91.9 Å². The number of carbonyl (C=O) groups is 2. The number of nitrogens with one attached hydrogen (secondary N) is 2. The van der Waals surface area contributed by atoms with E-state index < -0.39 is 0 Å². The highest BCUT2D eigenvalue weighted by atomic mass is 16.5. The van der Waals surface area contributed by atoms with Gasteiger partial charge in [0.25, 0.3) is 5.91 Å². The number of benzene rings is 1. The Morgan fingerprint density at radius 3 is 2.55 bits per heavy atom. The first-order chi connectivity index (χ1) is 23.9. The average molecular weight is 659 g/mol. The molecule has 0 atom stereocenters. The quantitative estimate of drug-likeness (QED) is 0.206. The van der Waals surface area contributed by atoms with Crippen molar-refractivity contribution >= 4 is 34.4 Å². The second-order valence-electron chi connectivity index (χ2n) is 13.1. The number of hydrogen-bond acceptors (Lipinski definition) is 10. The second kappa shape index (κ2) is 12.5. The van der Waals surface area contributed by atoms with Gasteiger partial charge in [0, 0.05) is 85.7 Å². The fraction of sp³-hybridized carbons (Fsp3) is 0.361. The van der Waals surface area contributed by atoms with Crippen LogP contribution in [-0.2, 0) is 11.3 Å². The van der Waals surface area contributed by atoms with Gasteiger partial charge in [-0.25, -0.2) is 9.97 Å².